The standard InChI is InChI=1S/C12H13FN2S/c1-8(14)6-11-7-15-12(16-11)9-2-4-10(13)5-3-9/h2-5,7-8H,6,14H2,1H3. The van der Waals surface area contributed by atoms with Crippen LogP contribution in [-0.4, -0.2) is 11.0 Å². The summed E-state index contributed by atoms with van der Waals surface area (Å²) in [6.45, 7) is 1.97. The summed E-state index contributed by atoms with van der Waals surface area (Å²) in [5.41, 5.74) is 6.67. The fourth-order valence-electron chi connectivity index (χ4n) is 1.45. The van der Waals surface area contributed by atoms with Gasteiger partial charge in [-0.2, -0.15) is 0 Å². The van der Waals surface area contributed by atoms with Crippen LogP contribution in [0.15, 0.2) is 30.5 Å². The van der Waals surface area contributed by atoms with Gasteiger partial charge in [-0.1, -0.05) is 0 Å². The van der Waals surface area contributed by atoms with Crippen molar-refractivity contribution in [3.63, 3.8) is 0 Å². The van der Waals surface area contributed by atoms with E-state index in [0.29, 0.717) is 0 Å². The summed E-state index contributed by atoms with van der Waals surface area (Å²) in [4.78, 5) is 5.47. The van der Waals surface area contributed by atoms with Crippen molar-refractivity contribution >= 4 is 11.3 Å². The molecule has 0 fully saturated rings. The minimum Gasteiger partial charge on any atom is -0.328 e. The van der Waals surface area contributed by atoms with Crippen molar-refractivity contribution in [3.8, 4) is 10.6 Å². The minimum absolute atomic E-state index is 0.140. The number of benzene rings is 1. The third-order valence-electron chi connectivity index (χ3n) is 2.17. The maximum Gasteiger partial charge on any atom is 0.123 e. The molecule has 1 atom stereocenters. The molecule has 0 saturated carbocycles. The van der Waals surface area contributed by atoms with Gasteiger partial charge in [0.05, 0.1) is 0 Å². The summed E-state index contributed by atoms with van der Waals surface area (Å²) in [7, 11) is 0. The van der Waals surface area contributed by atoms with E-state index >= 15 is 0 Å². The van der Waals surface area contributed by atoms with Crippen LogP contribution >= 0.6 is 11.3 Å². The zero-order valence-electron chi connectivity index (χ0n) is 8.98. The zero-order valence-corrected chi connectivity index (χ0v) is 9.80. The lowest BCUT2D eigenvalue weighted by atomic mass is 10.2. The van der Waals surface area contributed by atoms with E-state index in [2.05, 4.69) is 4.98 Å². The van der Waals surface area contributed by atoms with E-state index in [1.54, 1.807) is 23.5 Å². The number of thiazole rings is 1. The van der Waals surface area contributed by atoms with Gasteiger partial charge in [0.2, 0.25) is 0 Å². The Kier molecular flexibility index (Phi) is 3.31. The first-order valence-electron chi connectivity index (χ1n) is 5.11. The Morgan fingerprint density at radius 1 is 1.38 bits per heavy atom. The number of hydrogen-bond donors (Lipinski definition) is 1. The van der Waals surface area contributed by atoms with Crippen molar-refractivity contribution in [1.29, 1.82) is 0 Å². The third-order valence-corrected chi connectivity index (χ3v) is 3.24. The Hall–Kier alpha value is -1.26. The van der Waals surface area contributed by atoms with Crippen molar-refractivity contribution in [2.24, 2.45) is 5.73 Å². The molecule has 0 aliphatic rings. The molecule has 0 amide bonds. The van der Waals surface area contributed by atoms with Gasteiger partial charge in [0.15, 0.2) is 0 Å². The van der Waals surface area contributed by atoms with E-state index in [1.165, 1.54) is 12.1 Å². The summed E-state index contributed by atoms with van der Waals surface area (Å²) in [6.07, 6.45) is 2.67. The predicted octanol–water partition coefficient (Wildman–Crippen LogP) is 2.84. The molecule has 0 aliphatic carbocycles. The molecule has 1 heterocycles. The molecule has 0 bridgehead atoms. The van der Waals surface area contributed by atoms with Crippen LogP contribution in [0.25, 0.3) is 10.6 Å². The monoisotopic (exact) mass is 236 g/mol. The van der Waals surface area contributed by atoms with Gasteiger partial charge in [0, 0.05) is 22.7 Å². The molecule has 0 saturated heterocycles. The summed E-state index contributed by atoms with van der Waals surface area (Å²) in [5.74, 6) is -0.226. The predicted molar refractivity (Wildman–Crippen MR) is 64.9 cm³/mol. The highest BCUT2D eigenvalue weighted by atomic mass is 32.1. The lowest BCUT2D eigenvalue weighted by molar-refractivity contribution is 0.628. The molecule has 84 valence electrons. The van der Waals surface area contributed by atoms with E-state index in [9.17, 15) is 4.39 Å². The Labute approximate surface area is 97.9 Å². The van der Waals surface area contributed by atoms with E-state index in [1.807, 2.05) is 13.1 Å². The average molecular weight is 236 g/mol. The van der Waals surface area contributed by atoms with Crippen molar-refractivity contribution < 1.29 is 4.39 Å². The van der Waals surface area contributed by atoms with Gasteiger partial charge in [-0.25, -0.2) is 9.37 Å². The molecule has 2 N–H and O–H groups in total. The van der Waals surface area contributed by atoms with E-state index in [-0.39, 0.29) is 11.9 Å². The normalized spacial score (nSPS) is 12.7. The second-order valence-corrected chi connectivity index (χ2v) is 4.94. The summed E-state index contributed by atoms with van der Waals surface area (Å²) in [5, 5.41) is 0.913. The molecule has 1 aromatic carbocycles. The van der Waals surface area contributed by atoms with Gasteiger partial charge >= 0.3 is 0 Å². The van der Waals surface area contributed by atoms with Gasteiger partial charge in [-0.3, -0.25) is 0 Å². The van der Waals surface area contributed by atoms with Crippen LogP contribution < -0.4 is 5.73 Å². The highest BCUT2D eigenvalue weighted by Crippen LogP contribution is 2.25. The van der Waals surface area contributed by atoms with Crippen LogP contribution in [-0.2, 0) is 6.42 Å². The fourth-order valence-corrected chi connectivity index (χ4v) is 2.50. The molecular formula is C12H13FN2S. The van der Waals surface area contributed by atoms with Crippen LogP contribution in [0.5, 0.6) is 0 Å². The molecule has 1 aromatic heterocycles. The number of hydrogen-bond acceptors (Lipinski definition) is 3. The van der Waals surface area contributed by atoms with Gasteiger partial charge in [-0.15, -0.1) is 11.3 Å². The first-order valence-corrected chi connectivity index (χ1v) is 5.93. The quantitative estimate of drug-likeness (QED) is 0.890. The molecule has 0 radical (unpaired) electrons. The molecule has 2 aromatic rings. The average Bonchev–Trinajstić information content (AvgIpc) is 2.66. The zero-order chi connectivity index (χ0) is 11.5. The molecule has 16 heavy (non-hydrogen) atoms. The van der Waals surface area contributed by atoms with Crippen LogP contribution in [0.2, 0.25) is 0 Å². The number of aromatic nitrogens is 1. The van der Waals surface area contributed by atoms with Crippen LogP contribution in [0.4, 0.5) is 4.39 Å². The van der Waals surface area contributed by atoms with E-state index < -0.39 is 0 Å². The number of nitrogens with zero attached hydrogens (tertiary/aromatic N) is 1. The van der Waals surface area contributed by atoms with Crippen molar-refractivity contribution in [2.75, 3.05) is 0 Å². The lowest BCUT2D eigenvalue weighted by Crippen LogP contribution is -2.16. The highest BCUT2D eigenvalue weighted by molar-refractivity contribution is 7.15. The third kappa shape index (κ3) is 2.65. The fraction of sp³-hybridized carbons (Fsp3) is 0.250. The van der Waals surface area contributed by atoms with E-state index in [4.69, 9.17) is 5.73 Å². The van der Waals surface area contributed by atoms with Crippen LogP contribution in [0.1, 0.15) is 11.8 Å². The molecule has 1 unspecified atom stereocenters. The molecule has 0 aliphatic heterocycles. The van der Waals surface area contributed by atoms with Crippen molar-refractivity contribution in [2.45, 2.75) is 19.4 Å². The first-order chi connectivity index (χ1) is 7.65. The topological polar surface area (TPSA) is 38.9 Å². The Bertz CT molecular complexity index is 462. The van der Waals surface area contributed by atoms with Gasteiger partial charge in [-0.05, 0) is 37.6 Å². The number of nitrogens with two attached hydrogens (primary N) is 1. The Morgan fingerprint density at radius 3 is 2.69 bits per heavy atom. The van der Waals surface area contributed by atoms with Gasteiger partial charge in [0.25, 0.3) is 0 Å². The molecule has 0 spiro atoms. The van der Waals surface area contributed by atoms with E-state index in [0.717, 1.165) is 21.9 Å². The summed E-state index contributed by atoms with van der Waals surface area (Å²) < 4.78 is 12.7. The second-order valence-electron chi connectivity index (χ2n) is 3.82. The highest BCUT2D eigenvalue weighted by Gasteiger charge is 2.06. The first kappa shape index (κ1) is 11.2. The van der Waals surface area contributed by atoms with Crippen LogP contribution in [0, 0.1) is 5.82 Å². The molecule has 2 nitrogen and oxygen atoms in total. The molecule has 2 rings (SSSR count). The van der Waals surface area contributed by atoms with Crippen LogP contribution in [0.3, 0.4) is 0 Å². The maximum absolute atomic E-state index is 12.7. The number of halogens is 1. The smallest absolute Gasteiger partial charge is 0.123 e. The molecule has 4 heteroatoms. The van der Waals surface area contributed by atoms with Gasteiger partial charge in [0.1, 0.15) is 10.8 Å². The van der Waals surface area contributed by atoms with Gasteiger partial charge < -0.3 is 5.73 Å². The summed E-state index contributed by atoms with van der Waals surface area (Å²) in [6, 6.07) is 6.51. The maximum atomic E-state index is 12.7. The lowest BCUT2D eigenvalue weighted by Gasteiger charge is -1.99. The number of rotatable bonds is 3. The van der Waals surface area contributed by atoms with Crippen molar-refractivity contribution in [1.82, 2.24) is 4.98 Å². The Balaban J connectivity index is 2.21. The minimum atomic E-state index is -0.226. The molecular weight excluding hydrogens is 223 g/mol. The van der Waals surface area contributed by atoms with Crippen molar-refractivity contribution in [3.05, 3.63) is 41.2 Å². The Morgan fingerprint density at radius 2 is 2.06 bits per heavy atom. The second kappa shape index (κ2) is 4.72. The largest absolute Gasteiger partial charge is 0.328 e. The summed E-state index contributed by atoms with van der Waals surface area (Å²) >= 11 is 1.61. The SMILES string of the molecule is CC(N)Cc1cnc(-c2ccc(F)cc2)s1.